The van der Waals surface area contributed by atoms with Crippen LogP contribution >= 0.6 is 0 Å². The number of benzene rings is 1. The van der Waals surface area contributed by atoms with Gasteiger partial charge in [-0.15, -0.1) is 0 Å². The Morgan fingerprint density at radius 2 is 2.00 bits per heavy atom. The molecule has 1 unspecified atom stereocenters. The van der Waals surface area contributed by atoms with Gasteiger partial charge in [0.05, 0.1) is 12.5 Å². The summed E-state index contributed by atoms with van der Waals surface area (Å²) in [5.74, 6) is -0.271. The van der Waals surface area contributed by atoms with Crippen molar-refractivity contribution < 1.29 is 9.59 Å². The summed E-state index contributed by atoms with van der Waals surface area (Å²) in [7, 11) is 0. The summed E-state index contributed by atoms with van der Waals surface area (Å²) in [6.45, 7) is 6.06. The molecule has 2 N–H and O–H groups in total. The number of amides is 2. The molecule has 5 nitrogen and oxygen atoms in total. The van der Waals surface area contributed by atoms with Crippen LogP contribution in [0.1, 0.15) is 31.7 Å². The number of anilines is 1. The number of likely N-dealkylation sites (N-methyl/N-ethyl adjacent to an activating group) is 1. The lowest BCUT2D eigenvalue weighted by Crippen LogP contribution is -2.42. The first-order valence-electron chi connectivity index (χ1n) is 7.55. The van der Waals surface area contributed by atoms with Crippen molar-refractivity contribution in [3.8, 4) is 0 Å². The van der Waals surface area contributed by atoms with Gasteiger partial charge >= 0.3 is 0 Å². The third-order valence-electron chi connectivity index (χ3n) is 3.93. The van der Waals surface area contributed by atoms with Gasteiger partial charge in [-0.1, -0.05) is 18.2 Å². The van der Waals surface area contributed by atoms with E-state index >= 15 is 0 Å². The first kappa shape index (κ1) is 15.4. The van der Waals surface area contributed by atoms with Gasteiger partial charge in [0.15, 0.2) is 0 Å². The van der Waals surface area contributed by atoms with Crippen molar-refractivity contribution in [1.82, 2.24) is 10.2 Å². The first-order chi connectivity index (χ1) is 10.2. The molecule has 0 bridgehead atoms. The summed E-state index contributed by atoms with van der Waals surface area (Å²) >= 11 is 0. The predicted molar refractivity (Wildman–Crippen MR) is 83.2 cm³/mol. The fourth-order valence-corrected chi connectivity index (χ4v) is 2.71. The lowest BCUT2D eigenvalue weighted by Gasteiger charge is -2.26. The van der Waals surface area contributed by atoms with Crippen LogP contribution in [0.25, 0.3) is 0 Å². The zero-order chi connectivity index (χ0) is 15.2. The van der Waals surface area contributed by atoms with E-state index in [0.29, 0.717) is 13.1 Å². The zero-order valence-electron chi connectivity index (χ0n) is 12.7. The van der Waals surface area contributed by atoms with Crippen LogP contribution in [0.4, 0.5) is 5.69 Å². The largest absolute Gasteiger partial charge is 0.385 e. The second-order valence-corrected chi connectivity index (χ2v) is 5.14. The molecule has 1 heterocycles. The van der Waals surface area contributed by atoms with Crippen LogP contribution in [0, 0.1) is 0 Å². The molecule has 1 aromatic carbocycles. The predicted octanol–water partition coefficient (Wildman–Crippen LogP) is 1.57. The molecule has 1 aliphatic heterocycles. The summed E-state index contributed by atoms with van der Waals surface area (Å²) < 4.78 is 0. The van der Waals surface area contributed by atoms with Gasteiger partial charge in [-0.25, -0.2) is 0 Å². The fourth-order valence-electron chi connectivity index (χ4n) is 2.71. The highest BCUT2D eigenvalue weighted by molar-refractivity contribution is 5.90. The Morgan fingerprint density at radius 3 is 2.71 bits per heavy atom. The molecule has 114 valence electrons. The third-order valence-corrected chi connectivity index (χ3v) is 3.93. The highest BCUT2D eigenvalue weighted by Crippen LogP contribution is 2.31. The molecule has 0 aromatic heterocycles. The molecular formula is C16H23N3O2. The normalized spacial score (nSPS) is 16.6. The molecule has 0 saturated heterocycles. The van der Waals surface area contributed by atoms with Gasteiger partial charge in [-0.05, 0) is 31.9 Å². The maximum Gasteiger partial charge on any atom is 0.241 e. The van der Waals surface area contributed by atoms with Crippen molar-refractivity contribution in [3.63, 3.8) is 0 Å². The molecule has 1 atom stereocenters. The van der Waals surface area contributed by atoms with E-state index in [4.69, 9.17) is 0 Å². The maximum atomic E-state index is 12.4. The lowest BCUT2D eigenvalue weighted by atomic mass is 9.90. The van der Waals surface area contributed by atoms with E-state index in [9.17, 15) is 9.59 Å². The molecule has 1 aliphatic rings. The summed E-state index contributed by atoms with van der Waals surface area (Å²) in [5, 5.41) is 6.08. The highest BCUT2D eigenvalue weighted by Gasteiger charge is 2.26. The van der Waals surface area contributed by atoms with Crippen LogP contribution in [0.5, 0.6) is 0 Å². The Morgan fingerprint density at radius 1 is 1.29 bits per heavy atom. The maximum absolute atomic E-state index is 12.4. The molecule has 0 aliphatic carbocycles. The second-order valence-electron chi connectivity index (χ2n) is 5.14. The Labute approximate surface area is 125 Å². The van der Waals surface area contributed by atoms with Crippen molar-refractivity contribution in [2.75, 3.05) is 31.5 Å². The second kappa shape index (κ2) is 7.11. The van der Waals surface area contributed by atoms with Crippen LogP contribution in [0.2, 0.25) is 0 Å². The molecule has 0 radical (unpaired) electrons. The Kier molecular flexibility index (Phi) is 5.20. The quantitative estimate of drug-likeness (QED) is 0.865. The number of hydrogen-bond acceptors (Lipinski definition) is 3. The zero-order valence-corrected chi connectivity index (χ0v) is 12.7. The summed E-state index contributed by atoms with van der Waals surface area (Å²) in [5.41, 5.74) is 2.02. The minimum atomic E-state index is -0.174. The van der Waals surface area contributed by atoms with Gasteiger partial charge in [-0.3, -0.25) is 9.59 Å². The van der Waals surface area contributed by atoms with Gasteiger partial charge in [-0.2, -0.15) is 0 Å². The van der Waals surface area contributed by atoms with Crippen molar-refractivity contribution in [3.05, 3.63) is 29.8 Å². The van der Waals surface area contributed by atoms with E-state index in [-0.39, 0.29) is 24.3 Å². The number of carbonyl (C=O) groups excluding carboxylic acids is 2. The smallest absolute Gasteiger partial charge is 0.241 e. The molecule has 2 amide bonds. The van der Waals surface area contributed by atoms with Crippen molar-refractivity contribution in [2.45, 2.75) is 26.2 Å². The van der Waals surface area contributed by atoms with E-state index in [0.717, 1.165) is 24.2 Å². The molecule has 21 heavy (non-hydrogen) atoms. The molecule has 0 fully saturated rings. The molecule has 5 heteroatoms. The summed E-state index contributed by atoms with van der Waals surface area (Å²) in [4.78, 5) is 26.0. The highest BCUT2D eigenvalue weighted by atomic mass is 16.2. The van der Waals surface area contributed by atoms with Crippen molar-refractivity contribution in [1.29, 1.82) is 0 Å². The molecule has 0 spiro atoms. The van der Waals surface area contributed by atoms with E-state index in [2.05, 4.69) is 10.6 Å². The monoisotopic (exact) mass is 289 g/mol. The molecular weight excluding hydrogens is 266 g/mol. The SMILES string of the molecule is CCN(CC)C(=O)CNC(=O)C1CCNc2ccccc21. The number of nitrogens with one attached hydrogen (secondary N) is 2. The average Bonchev–Trinajstić information content (AvgIpc) is 2.53. The number of hydrogen-bond donors (Lipinski definition) is 2. The Balaban J connectivity index is 1.97. The van der Waals surface area contributed by atoms with Crippen molar-refractivity contribution >= 4 is 17.5 Å². The van der Waals surface area contributed by atoms with Crippen LogP contribution < -0.4 is 10.6 Å². The van der Waals surface area contributed by atoms with E-state index < -0.39 is 0 Å². The number of carbonyl (C=O) groups is 2. The van der Waals surface area contributed by atoms with Gasteiger partial charge in [0.25, 0.3) is 0 Å². The minimum absolute atomic E-state index is 0.0319. The van der Waals surface area contributed by atoms with Gasteiger partial charge in [0.2, 0.25) is 11.8 Å². The summed E-state index contributed by atoms with van der Waals surface area (Å²) in [6.07, 6.45) is 0.752. The Hall–Kier alpha value is -2.04. The standard InChI is InChI=1S/C16H23N3O2/c1-3-19(4-2)15(20)11-18-16(21)13-9-10-17-14-8-6-5-7-12(13)14/h5-8,13,17H,3-4,9-11H2,1-2H3,(H,18,21). The number of rotatable bonds is 5. The summed E-state index contributed by atoms with van der Waals surface area (Å²) in [6, 6.07) is 7.84. The van der Waals surface area contributed by atoms with E-state index in [1.165, 1.54) is 0 Å². The van der Waals surface area contributed by atoms with Crippen molar-refractivity contribution in [2.24, 2.45) is 0 Å². The molecule has 2 rings (SSSR count). The van der Waals surface area contributed by atoms with Gasteiger partial charge in [0, 0.05) is 25.3 Å². The number of fused-ring (bicyclic) bond motifs is 1. The molecule has 1 aromatic rings. The minimum Gasteiger partial charge on any atom is -0.385 e. The van der Waals surface area contributed by atoms with E-state index in [1.807, 2.05) is 38.1 Å². The topological polar surface area (TPSA) is 61.4 Å². The van der Waals surface area contributed by atoms with Gasteiger partial charge < -0.3 is 15.5 Å². The number of para-hydroxylation sites is 1. The van der Waals surface area contributed by atoms with Crippen LogP contribution in [0.15, 0.2) is 24.3 Å². The number of nitrogens with zero attached hydrogens (tertiary/aromatic N) is 1. The van der Waals surface area contributed by atoms with Gasteiger partial charge in [0.1, 0.15) is 0 Å². The molecule has 0 saturated carbocycles. The lowest BCUT2D eigenvalue weighted by molar-refractivity contribution is -0.133. The first-order valence-corrected chi connectivity index (χ1v) is 7.55. The average molecular weight is 289 g/mol. The third kappa shape index (κ3) is 3.54. The van der Waals surface area contributed by atoms with Crippen LogP contribution in [-0.4, -0.2) is 42.9 Å². The fraction of sp³-hybridized carbons (Fsp3) is 0.500. The van der Waals surface area contributed by atoms with E-state index in [1.54, 1.807) is 4.90 Å². The van der Waals surface area contributed by atoms with Crippen LogP contribution in [0.3, 0.4) is 0 Å². The van der Waals surface area contributed by atoms with Crippen LogP contribution in [-0.2, 0) is 9.59 Å². The Bertz CT molecular complexity index is 512.